The molecule has 2 aromatic rings. The number of hydrogen-bond acceptors (Lipinski definition) is 7. The first-order valence-electron chi connectivity index (χ1n) is 13.1. The number of nitrogens with zero attached hydrogens (tertiary/aromatic N) is 3. The van der Waals surface area contributed by atoms with Crippen LogP contribution in [-0.4, -0.2) is 31.1 Å². The maximum Gasteiger partial charge on any atom is 1.00 e. The molecule has 7 nitrogen and oxygen atoms in total. The molecule has 0 bridgehead atoms. The molecule has 0 saturated carbocycles. The van der Waals surface area contributed by atoms with E-state index in [9.17, 15) is 17.8 Å². The average Bonchev–Trinajstić information content (AvgIpc) is 3.43. The van der Waals surface area contributed by atoms with Crippen LogP contribution >= 0.6 is 11.8 Å². The summed E-state index contributed by atoms with van der Waals surface area (Å²) in [6, 6.07) is 13.8. The number of amides is 1. The van der Waals surface area contributed by atoms with Gasteiger partial charge in [0.25, 0.3) is 5.91 Å². The first kappa shape index (κ1) is 29.1. The number of thioether (sulfide) groups is 1. The summed E-state index contributed by atoms with van der Waals surface area (Å²) in [6.07, 6.45) is 10.7. The largest absolute Gasteiger partial charge is 1.00 e. The fraction of sp³-hybridized carbons (Fsp3) is 0.267. The normalized spacial score (nSPS) is 23.4. The van der Waals surface area contributed by atoms with E-state index in [-0.39, 0.29) is 40.4 Å². The molecule has 1 amide bonds. The molecular formula is C30H28N3NaO4S2. The molecule has 6 rings (SSSR count). The van der Waals surface area contributed by atoms with Crippen LogP contribution in [0.3, 0.4) is 0 Å². The Balaban J connectivity index is 0.00000323. The fourth-order valence-corrected chi connectivity index (χ4v) is 7.42. The van der Waals surface area contributed by atoms with Crippen molar-refractivity contribution in [3.8, 4) is 0 Å². The molecule has 200 valence electrons. The summed E-state index contributed by atoms with van der Waals surface area (Å²) >= 11 is 1.81. The number of para-hydroxylation sites is 1. The van der Waals surface area contributed by atoms with Gasteiger partial charge >= 0.3 is 29.6 Å². The molecule has 2 aromatic carbocycles. The van der Waals surface area contributed by atoms with Crippen molar-refractivity contribution < 1.29 is 47.3 Å². The van der Waals surface area contributed by atoms with Gasteiger partial charge in [0, 0.05) is 11.4 Å². The van der Waals surface area contributed by atoms with Crippen LogP contribution in [0, 0.1) is 5.92 Å². The van der Waals surface area contributed by atoms with Crippen LogP contribution in [-0.2, 0) is 14.9 Å². The molecule has 4 aliphatic rings. The molecule has 1 atom stereocenters. The van der Waals surface area contributed by atoms with Crippen LogP contribution in [0.1, 0.15) is 39.5 Å². The Kier molecular flexibility index (Phi) is 8.34. The Hall–Kier alpha value is -2.40. The Morgan fingerprint density at radius 3 is 2.52 bits per heavy atom. The zero-order valence-corrected chi connectivity index (χ0v) is 26.4. The summed E-state index contributed by atoms with van der Waals surface area (Å²) in [4.78, 5) is 16.7. The monoisotopic (exact) mass is 581 g/mol. The summed E-state index contributed by atoms with van der Waals surface area (Å²) in [5.74, 6) is 0.245. The van der Waals surface area contributed by atoms with Crippen LogP contribution in [0.2, 0.25) is 0 Å². The van der Waals surface area contributed by atoms with Crippen LogP contribution < -0.4 is 39.5 Å². The van der Waals surface area contributed by atoms with E-state index in [1.54, 1.807) is 0 Å². The van der Waals surface area contributed by atoms with Gasteiger partial charge in [-0.2, -0.15) is 10.1 Å². The molecule has 10 heteroatoms. The van der Waals surface area contributed by atoms with E-state index in [1.807, 2.05) is 18.7 Å². The van der Waals surface area contributed by atoms with E-state index >= 15 is 0 Å². The number of fused-ring (bicyclic) bond motifs is 2. The molecule has 2 aliphatic heterocycles. The van der Waals surface area contributed by atoms with Gasteiger partial charge in [-0.15, -0.1) is 0 Å². The first-order chi connectivity index (χ1) is 18.7. The Bertz CT molecular complexity index is 1640. The third kappa shape index (κ3) is 5.43. The number of carbonyl (C=O) groups excluding carboxylic acids is 1. The Labute approximate surface area is 261 Å². The molecule has 0 fully saturated rings. The van der Waals surface area contributed by atoms with Crippen molar-refractivity contribution in [2.75, 3.05) is 16.5 Å². The van der Waals surface area contributed by atoms with Gasteiger partial charge < -0.3 is 9.45 Å². The summed E-state index contributed by atoms with van der Waals surface area (Å²) in [5, 5.41) is 7.00. The summed E-state index contributed by atoms with van der Waals surface area (Å²) in [6.45, 7) is 4.91. The molecular weight excluding hydrogens is 553 g/mol. The minimum absolute atomic E-state index is 0. The van der Waals surface area contributed by atoms with E-state index in [0.29, 0.717) is 22.9 Å². The second-order valence-corrected chi connectivity index (χ2v) is 12.5. The van der Waals surface area contributed by atoms with Crippen LogP contribution in [0.25, 0.3) is 0 Å². The van der Waals surface area contributed by atoms with Crippen molar-refractivity contribution in [1.82, 2.24) is 0 Å². The van der Waals surface area contributed by atoms with Crippen molar-refractivity contribution in [2.45, 2.75) is 49.3 Å². The van der Waals surface area contributed by atoms with E-state index in [2.05, 4.69) is 59.4 Å². The predicted molar refractivity (Wildman–Crippen MR) is 154 cm³/mol. The molecule has 0 spiro atoms. The van der Waals surface area contributed by atoms with Gasteiger partial charge in [0.2, 0.25) is 0 Å². The van der Waals surface area contributed by atoms with E-state index in [0.717, 1.165) is 37.8 Å². The standard InChI is InChI=1S/C30H29N3O4S2.Na/c1-3-32-26-6-4-5-7-27(26)38-28(32)17-20-8-9-21-10-11-22(18-23(21)16-20)29-19(2)31-33(30(29)34)24-12-14-25(15-13-24)39(35,36)37;/h4-7,12-18,21H,3,8-11H2,1-2H3,(H,35,36,37);/q;+1/p-1/b28-17-,29-22-;. The second kappa shape index (κ2) is 11.5. The van der Waals surface area contributed by atoms with Gasteiger partial charge in [0.15, 0.2) is 0 Å². The third-order valence-electron chi connectivity index (χ3n) is 7.68. The van der Waals surface area contributed by atoms with E-state index in [1.165, 1.54) is 56.0 Å². The van der Waals surface area contributed by atoms with Gasteiger partial charge in [-0.3, -0.25) is 4.79 Å². The molecule has 0 radical (unpaired) electrons. The molecule has 40 heavy (non-hydrogen) atoms. The zero-order valence-electron chi connectivity index (χ0n) is 22.8. The van der Waals surface area contributed by atoms with Gasteiger partial charge in [-0.25, -0.2) is 8.42 Å². The van der Waals surface area contributed by atoms with Crippen LogP contribution in [0.5, 0.6) is 0 Å². The summed E-state index contributed by atoms with van der Waals surface area (Å²) in [5.41, 5.74) is 6.45. The van der Waals surface area contributed by atoms with Crippen molar-refractivity contribution in [2.24, 2.45) is 11.0 Å². The van der Waals surface area contributed by atoms with E-state index in [4.69, 9.17) is 0 Å². The van der Waals surface area contributed by atoms with Crippen molar-refractivity contribution >= 4 is 44.9 Å². The van der Waals surface area contributed by atoms with Gasteiger partial charge in [-0.05, 0) is 105 Å². The molecule has 0 saturated heterocycles. The second-order valence-electron chi connectivity index (χ2n) is 10.1. The first-order valence-corrected chi connectivity index (χ1v) is 15.3. The predicted octanol–water partition coefficient (Wildman–Crippen LogP) is 3.14. The Morgan fingerprint density at radius 1 is 1.07 bits per heavy atom. The number of hydrazone groups is 1. The maximum absolute atomic E-state index is 13.4. The van der Waals surface area contributed by atoms with Gasteiger partial charge in [-0.1, -0.05) is 36.0 Å². The number of hydrogen-bond donors (Lipinski definition) is 0. The van der Waals surface area contributed by atoms with Crippen molar-refractivity contribution in [3.05, 3.63) is 94.1 Å². The van der Waals surface area contributed by atoms with Crippen LogP contribution in [0.15, 0.2) is 109 Å². The van der Waals surface area contributed by atoms with Gasteiger partial charge in [0.1, 0.15) is 10.1 Å². The molecule has 2 heterocycles. The number of rotatable bonds is 4. The van der Waals surface area contributed by atoms with Crippen molar-refractivity contribution in [1.29, 1.82) is 0 Å². The molecule has 1 unspecified atom stereocenters. The number of allylic oxidation sites excluding steroid dienone is 6. The van der Waals surface area contributed by atoms with Crippen molar-refractivity contribution in [3.63, 3.8) is 0 Å². The molecule has 0 N–H and O–H groups in total. The van der Waals surface area contributed by atoms with Gasteiger partial charge in [0.05, 0.1) is 32.6 Å². The quantitative estimate of drug-likeness (QED) is 0.313. The molecule has 0 aromatic heterocycles. The smallest absolute Gasteiger partial charge is 0.744 e. The SMILES string of the molecule is CCN1/C(=C/C2=CC3=C/C(=C4\C(=O)N(c5ccc(S(=O)(=O)[O-])cc5)N=C4C)CCC3CC2)Sc2ccccc21.[Na+]. The zero-order chi connectivity index (χ0) is 27.3. The third-order valence-corrected chi connectivity index (χ3v) is 9.64. The number of benzene rings is 2. The Morgan fingerprint density at radius 2 is 1.80 bits per heavy atom. The number of carbonyl (C=O) groups is 1. The maximum atomic E-state index is 13.4. The van der Waals surface area contributed by atoms with E-state index < -0.39 is 10.1 Å². The topological polar surface area (TPSA) is 93.1 Å². The molecule has 2 aliphatic carbocycles. The van der Waals surface area contributed by atoms with Crippen LogP contribution in [0.4, 0.5) is 11.4 Å². The minimum Gasteiger partial charge on any atom is -0.744 e. The number of anilines is 2. The fourth-order valence-electron chi connectivity index (χ4n) is 5.75. The summed E-state index contributed by atoms with van der Waals surface area (Å²) in [7, 11) is -4.56. The summed E-state index contributed by atoms with van der Waals surface area (Å²) < 4.78 is 33.8. The minimum atomic E-state index is -4.56. The average molecular weight is 582 g/mol.